The number of nitrogens with two attached hydrogens (primary N) is 2. The summed E-state index contributed by atoms with van der Waals surface area (Å²) in [5, 5.41) is 12.3. The average Bonchev–Trinajstić information content (AvgIpc) is 3.98. The lowest BCUT2D eigenvalue weighted by molar-refractivity contribution is -0.145. The third-order valence-corrected chi connectivity index (χ3v) is 11.5. The van der Waals surface area contributed by atoms with Gasteiger partial charge in [-0.3, -0.25) is 24.2 Å². The molecule has 0 aliphatic carbocycles. The summed E-state index contributed by atoms with van der Waals surface area (Å²) in [7, 11) is 1.24. The van der Waals surface area contributed by atoms with Gasteiger partial charge in [-0.15, -0.1) is 0 Å². The van der Waals surface area contributed by atoms with E-state index in [1.807, 2.05) is 54.6 Å². The molecule has 0 fully saturated rings. The number of esters is 1. The molecule has 0 radical (unpaired) electrons. The summed E-state index contributed by atoms with van der Waals surface area (Å²) >= 11 is 0. The summed E-state index contributed by atoms with van der Waals surface area (Å²) < 4.78 is 5.08. The molecule has 65 heavy (non-hydrogen) atoms. The molecule has 0 saturated heterocycles. The third kappa shape index (κ3) is 19.2. The second-order valence-corrected chi connectivity index (χ2v) is 16.8. The van der Waals surface area contributed by atoms with Crippen LogP contribution in [0.5, 0.6) is 0 Å². The van der Waals surface area contributed by atoms with E-state index in [9.17, 15) is 24.0 Å². The van der Waals surface area contributed by atoms with Crippen LogP contribution in [0.25, 0.3) is 10.9 Å². The van der Waals surface area contributed by atoms with Crippen LogP contribution in [0.2, 0.25) is 0 Å². The highest BCUT2D eigenvalue weighted by molar-refractivity contribution is 5.95. The molecule has 0 unspecified atom stereocenters. The number of rotatable bonds is 32. The number of imidazole rings is 1. The number of guanidine groups is 1. The van der Waals surface area contributed by atoms with Crippen molar-refractivity contribution in [1.29, 1.82) is 0 Å². The highest BCUT2D eigenvalue weighted by Crippen LogP contribution is 2.20. The van der Waals surface area contributed by atoms with Crippen LogP contribution < -0.4 is 32.7 Å². The van der Waals surface area contributed by atoms with E-state index in [1.165, 1.54) is 71.2 Å². The highest BCUT2D eigenvalue weighted by Gasteiger charge is 2.32. The topological polar surface area (TPSA) is 252 Å². The number of para-hydroxylation sites is 1. The minimum atomic E-state index is -1.16. The fourth-order valence-electron chi connectivity index (χ4n) is 7.90. The first-order chi connectivity index (χ1) is 31.6. The number of benzene rings is 2. The van der Waals surface area contributed by atoms with Gasteiger partial charge in [-0.25, -0.2) is 9.78 Å². The van der Waals surface area contributed by atoms with Gasteiger partial charge < -0.3 is 47.4 Å². The molecule has 2 aromatic carbocycles. The summed E-state index contributed by atoms with van der Waals surface area (Å²) in [6, 6.07) is 12.3. The normalized spacial score (nSPS) is 13.0. The summed E-state index contributed by atoms with van der Waals surface area (Å²) in [6.07, 6.45) is 21.3. The van der Waals surface area contributed by atoms with E-state index in [4.69, 9.17) is 16.2 Å². The Morgan fingerprint density at radius 3 is 1.88 bits per heavy atom. The minimum absolute atomic E-state index is 0.0792. The van der Waals surface area contributed by atoms with Crippen LogP contribution >= 0.6 is 0 Å². The predicted molar refractivity (Wildman–Crippen MR) is 254 cm³/mol. The zero-order valence-electron chi connectivity index (χ0n) is 38.4. The van der Waals surface area contributed by atoms with E-state index in [0.29, 0.717) is 18.5 Å². The van der Waals surface area contributed by atoms with Crippen molar-refractivity contribution in [2.24, 2.45) is 16.5 Å². The van der Waals surface area contributed by atoms with Crippen LogP contribution in [0.3, 0.4) is 0 Å². The Balaban J connectivity index is 1.43. The maximum Gasteiger partial charge on any atom is 0.328 e. The molecule has 0 aliphatic heterocycles. The zero-order chi connectivity index (χ0) is 46.7. The Labute approximate surface area is 383 Å². The molecule has 2 aromatic heterocycles. The number of carbonyl (C=O) groups excluding carboxylic acids is 5. The number of aromatic amines is 2. The number of hydrogen-bond acceptors (Lipinski definition) is 8. The minimum Gasteiger partial charge on any atom is -0.467 e. The molecule has 16 heteroatoms. The van der Waals surface area contributed by atoms with Crippen molar-refractivity contribution in [2.75, 3.05) is 13.7 Å². The Kier molecular flexibility index (Phi) is 23.2. The zero-order valence-corrected chi connectivity index (χ0v) is 38.4. The van der Waals surface area contributed by atoms with E-state index in [0.717, 1.165) is 41.3 Å². The number of amides is 4. The molecule has 10 N–H and O–H groups in total. The molecule has 2 heterocycles. The van der Waals surface area contributed by atoms with E-state index < -0.39 is 47.9 Å². The Morgan fingerprint density at radius 1 is 0.662 bits per heavy atom. The van der Waals surface area contributed by atoms with Gasteiger partial charge in [0.05, 0.1) is 13.4 Å². The van der Waals surface area contributed by atoms with E-state index in [-0.39, 0.29) is 50.5 Å². The van der Waals surface area contributed by atoms with Crippen LogP contribution in [-0.2, 0) is 48.0 Å². The van der Waals surface area contributed by atoms with Gasteiger partial charge >= 0.3 is 5.97 Å². The number of nitrogens with one attached hydrogen (secondary N) is 6. The Morgan fingerprint density at radius 2 is 1.25 bits per heavy atom. The number of hydrogen-bond donors (Lipinski definition) is 8. The Hall–Kier alpha value is -6.19. The lowest BCUT2D eigenvalue weighted by Gasteiger charge is -2.26. The average molecular weight is 897 g/mol. The molecule has 4 rings (SSSR count). The first kappa shape index (κ1) is 51.4. The largest absolute Gasteiger partial charge is 0.467 e. The fourth-order valence-corrected chi connectivity index (χ4v) is 7.90. The molecular formula is C49H72N10O6. The van der Waals surface area contributed by atoms with E-state index in [2.05, 4.69) is 48.1 Å². The number of ether oxygens (including phenoxy) is 1. The number of aromatic nitrogens is 3. The molecular weight excluding hydrogens is 825 g/mol. The highest BCUT2D eigenvalue weighted by atomic mass is 16.5. The molecule has 4 aromatic rings. The standard InChI is InChI=1S/C49H72N10O6/c1-3-4-5-6-7-8-9-10-11-12-13-14-18-27-44(60)56-42(31-37-33-52-34-55-37)47(63)58-41(29-35-22-16-15-17-23-35)46(62)57-40(26-21-28-53-49(50)51)45(61)59-43(48(64)65-2)30-36-32-54-39-25-20-19-24-38(36)39/h15-17,19-20,22-25,32-34,40-43,54H,3-14,18,21,26-31H2,1-2H3,(H,52,55)(H,56,60)(H,57,62)(H,58,63)(H,59,61)(H4,50,51,53)/t40-,41+,42-,43-/m0/s1. The smallest absolute Gasteiger partial charge is 0.328 e. The second-order valence-electron chi connectivity index (χ2n) is 16.8. The predicted octanol–water partition coefficient (Wildman–Crippen LogP) is 5.57. The van der Waals surface area contributed by atoms with E-state index >= 15 is 0 Å². The van der Waals surface area contributed by atoms with Gasteiger partial charge in [0, 0.05) is 61.2 Å². The van der Waals surface area contributed by atoms with Gasteiger partial charge in [0.25, 0.3) is 0 Å². The van der Waals surface area contributed by atoms with Crippen LogP contribution in [0.15, 0.2) is 78.3 Å². The SMILES string of the molecule is CCCCCCCCCCCCCCCC(=O)N[C@@H](Cc1cnc[nH]1)C(=O)N[C@H](Cc1ccccc1)C(=O)N[C@@H](CCCN=C(N)N)C(=O)N[C@@H](Cc1c[nH]c2ccccc12)C(=O)OC. The summed E-state index contributed by atoms with van der Waals surface area (Å²) in [6.45, 7) is 2.42. The molecule has 0 saturated carbocycles. The lowest BCUT2D eigenvalue weighted by atomic mass is 10.0. The van der Waals surface area contributed by atoms with Crippen LogP contribution in [0.4, 0.5) is 0 Å². The van der Waals surface area contributed by atoms with Gasteiger partial charge in [0.15, 0.2) is 5.96 Å². The maximum absolute atomic E-state index is 14.4. The fraction of sp³-hybridized carbons (Fsp3) is 0.531. The van der Waals surface area contributed by atoms with Gasteiger partial charge in [-0.2, -0.15) is 0 Å². The number of nitrogens with zero attached hydrogens (tertiary/aromatic N) is 2. The quantitative estimate of drug-likeness (QED) is 0.0132. The number of fused-ring (bicyclic) bond motifs is 1. The summed E-state index contributed by atoms with van der Waals surface area (Å²) in [5.41, 5.74) is 14.1. The van der Waals surface area contributed by atoms with Crippen LogP contribution in [0, 0.1) is 0 Å². The van der Waals surface area contributed by atoms with Gasteiger partial charge in [0.1, 0.15) is 24.2 Å². The van der Waals surface area contributed by atoms with Crippen molar-refractivity contribution >= 4 is 46.5 Å². The Bertz CT molecular complexity index is 2050. The van der Waals surface area contributed by atoms with Crippen molar-refractivity contribution in [3.63, 3.8) is 0 Å². The summed E-state index contributed by atoms with van der Waals surface area (Å²) in [5.74, 6) is -2.90. The molecule has 0 spiro atoms. The van der Waals surface area contributed by atoms with Crippen molar-refractivity contribution in [3.8, 4) is 0 Å². The number of H-pyrrole nitrogens is 2. The molecule has 354 valence electrons. The molecule has 4 amide bonds. The van der Waals surface area contributed by atoms with Gasteiger partial charge in [-0.1, -0.05) is 133 Å². The van der Waals surface area contributed by atoms with Crippen molar-refractivity contribution in [2.45, 2.75) is 153 Å². The first-order valence-corrected chi connectivity index (χ1v) is 23.5. The maximum atomic E-state index is 14.4. The summed E-state index contributed by atoms with van der Waals surface area (Å²) in [4.78, 5) is 83.3. The third-order valence-electron chi connectivity index (χ3n) is 11.5. The van der Waals surface area contributed by atoms with Crippen molar-refractivity contribution in [3.05, 3.63) is 90.1 Å². The molecule has 0 aliphatic rings. The van der Waals surface area contributed by atoms with Gasteiger partial charge in [0.2, 0.25) is 23.6 Å². The van der Waals surface area contributed by atoms with Crippen LogP contribution in [-0.4, -0.2) is 88.3 Å². The van der Waals surface area contributed by atoms with Crippen LogP contribution in [0.1, 0.15) is 126 Å². The monoisotopic (exact) mass is 897 g/mol. The second kappa shape index (κ2) is 29.3. The van der Waals surface area contributed by atoms with Gasteiger partial charge in [-0.05, 0) is 36.5 Å². The number of carbonyl (C=O) groups is 5. The van der Waals surface area contributed by atoms with Crippen molar-refractivity contribution < 1.29 is 28.7 Å². The van der Waals surface area contributed by atoms with E-state index in [1.54, 1.807) is 12.4 Å². The first-order valence-electron chi connectivity index (χ1n) is 23.5. The molecule has 4 atom stereocenters. The molecule has 16 nitrogen and oxygen atoms in total. The van der Waals surface area contributed by atoms with Crippen molar-refractivity contribution in [1.82, 2.24) is 36.2 Å². The number of unbranched alkanes of at least 4 members (excludes halogenated alkanes) is 12. The number of aliphatic imine (C=N–C) groups is 1. The lowest BCUT2D eigenvalue weighted by Crippen LogP contribution is -2.58. The molecule has 0 bridgehead atoms. The number of methoxy groups -OCH3 is 1.